The molecule has 1 amide bonds. The maximum Gasteiger partial charge on any atom is 0.239 e. The van der Waals surface area contributed by atoms with Gasteiger partial charge in [-0.05, 0) is 17.7 Å². The van der Waals surface area contributed by atoms with Crippen LogP contribution in [0.25, 0.3) is 11.3 Å². The second-order valence-corrected chi connectivity index (χ2v) is 7.26. The van der Waals surface area contributed by atoms with E-state index in [1.165, 1.54) is 5.56 Å². The molecule has 0 saturated carbocycles. The van der Waals surface area contributed by atoms with Crippen molar-refractivity contribution < 1.29 is 4.79 Å². The Balaban J connectivity index is 1.23. The highest BCUT2D eigenvalue weighted by Crippen LogP contribution is 2.16. The van der Waals surface area contributed by atoms with Crippen molar-refractivity contribution in [3.8, 4) is 11.3 Å². The number of rotatable bonds is 6. The molecule has 2 heterocycles. The van der Waals surface area contributed by atoms with E-state index in [1.54, 1.807) is 6.07 Å². The maximum atomic E-state index is 12.4. The zero-order valence-corrected chi connectivity index (χ0v) is 16.4. The molecular weight excluding hydrogens is 362 g/mol. The Bertz CT molecular complexity index is 907. The molecule has 4 rings (SSSR count). The molecule has 1 aliphatic rings. The summed E-state index contributed by atoms with van der Waals surface area (Å²) >= 11 is 0. The summed E-state index contributed by atoms with van der Waals surface area (Å²) in [5, 5.41) is 11.2. The molecule has 1 aliphatic heterocycles. The van der Waals surface area contributed by atoms with Gasteiger partial charge in [-0.25, -0.2) is 0 Å². The summed E-state index contributed by atoms with van der Waals surface area (Å²) in [6, 6.07) is 24.0. The van der Waals surface area contributed by atoms with E-state index in [-0.39, 0.29) is 5.91 Å². The molecule has 29 heavy (non-hydrogen) atoms. The van der Waals surface area contributed by atoms with Gasteiger partial charge in [-0.1, -0.05) is 60.7 Å². The van der Waals surface area contributed by atoms with Gasteiger partial charge in [0.2, 0.25) is 5.91 Å². The van der Waals surface area contributed by atoms with Crippen LogP contribution in [0.5, 0.6) is 0 Å². The number of amides is 1. The Kier molecular flexibility index (Phi) is 6.24. The number of carbonyl (C=O) groups is 1. The quantitative estimate of drug-likeness (QED) is 0.705. The Morgan fingerprint density at radius 2 is 1.45 bits per heavy atom. The number of hydrogen-bond acceptors (Lipinski definition) is 5. The minimum Gasteiger partial charge on any atom is -0.308 e. The Morgan fingerprint density at radius 1 is 0.793 bits per heavy atom. The van der Waals surface area contributed by atoms with Crippen LogP contribution in [-0.2, 0) is 11.3 Å². The molecule has 0 atom stereocenters. The van der Waals surface area contributed by atoms with E-state index in [4.69, 9.17) is 0 Å². The molecule has 0 bridgehead atoms. The average Bonchev–Trinajstić information content (AvgIpc) is 2.77. The number of benzene rings is 2. The van der Waals surface area contributed by atoms with E-state index >= 15 is 0 Å². The molecule has 3 aromatic rings. The summed E-state index contributed by atoms with van der Waals surface area (Å²) in [6.45, 7) is 5.05. The minimum absolute atomic E-state index is 0.0525. The smallest absolute Gasteiger partial charge is 0.239 e. The fraction of sp³-hybridized carbons (Fsp3) is 0.261. The van der Waals surface area contributed by atoms with Crippen LogP contribution >= 0.6 is 0 Å². The van der Waals surface area contributed by atoms with Crippen LogP contribution in [-0.4, -0.2) is 58.6 Å². The zero-order valence-electron chi connectivity index (χ0n) is 16.4. The third-order valence-corrected chi connectivity index (χ3v) is 5.08. The predicted octanol–water partition coefficient (Wildman–Crippen LogP) is 2.90. The van der Waals surface area contributed by atoms with E-state index in [0.29, 0.717) is 12.4 Å². The summed E-state index contributed by atoms with van der Waals surface area (Å²) in [6.07, 6.45) is 0. The van der Waals surface area contributed by atoms with E-state index in [2.05, 4.69) is 49.6 Å². The first kappa shape index (κ1) is 19.2. The van der Waals surface area contributed by atoms with Gasteiger partial charge in [-0.3, -0.25) is 14.6 Å². The molecule has 1 fully saturated rings. The average molecular weight is 387 g/mol. The van der Waals surface area contributed by atoms with Crippen LogP contribution < -0.4 is 5.32 Å². The SMILES string of the molecule is O=C(CN1CCN(Cc2ccccc2)CC1)Nc1ccc(-c2ccccc2)nn1. The van der Waals surface area contributed by atoms with Gasteiger partial charge in [0.15, 0.2) is 5.82 Å². The second kappa shape index (κ2) is 9.41. The lowest BCUT2D eigenvalue weighted by Crippen LogP contribution is -2.48. The lowest BCUT2D eigenvalue weighted by Gasteiger charge is -2.34. The summed E-state index contributed by atoms with van der Waals surface area (Å²) in [5.41, 5.74) is 3.13. The van der Waals surface area contributed by atoms with E-state index in [0.717, 1.165) is 44.0 Å². The molecule has 0 unspecified atom stereocenters. The van der Waals surface area contributed by atoms with E-state index < -0.39 is 0 Å². The highest BCUT2D eigenvalue weighted by atomic mass is 16.2. The van der Waals surface area contributed by atoms with Crippen molar-refractivity contribution in [1.82, 2.24) is 20.0 Å². The molecule has 6 nitrogen and oxygen atoms in total. The summed E-state index contributed by atoms with van der Waals surface area (Å²) in [7, 11) is 0. The van der Waals surface area contributed by atoms with Gasteiger partial charge < -0.3 is 5.32 Å². The van der Waals surface area contributed by atoms with Crippen LogP contribution in [0.1, 0.15) is 5.56 Å². The Labute approximate surface area is 171 Å². The number of nitrogens with one attached hydrogen (secondary N) is 1. The monoisotopic (exact) mass is 387 g/mol. The van der Waals surface area contributed by atoms with Gasteiger partial charge in [-0.15, -0.1) is 10.2 Å². The fourth-order valence-electron chi connectivity index (χ4n) is 3.49. The van der Waals surface area contributed by atoms with Gasteiger partial charge >= 0.3 is 0 Å². The standard InChI is InChI=1S/C23H25N5O/c29-23(24-22-12-11-21(25-26-22)20-9-5-2-6-10-20)18-28-15-13-27(14-16-28)17-19-7-3-1-4-8-19/h1-12H,13-18H2,(H,24,26,29). The third kappa shape index (κ3) is 5.47. The van der Waals surface area contributed by atoms with E-state index in [9.17, 15) is 4.79 Å². The highest BCUT2D eigenvalue weighted by molar-refractivity contribution is 5.91. The number of piperazine rings is 1. The molecule has 0 aliphatic carbocycles. The van der Waals surface area contributed by atoms with Crippen molar-refractivity contribution in [3.63, 3.8) is 0 Å². The summed E-state index contributed by atoms with van der Waals surface area (Å²) < 4.78 is 0. The van der Waals surface area contributed by atoms with Crippen molar-refractivity contribution in [3.05, 3.63) is 78.4 Å². The van der Waals surface area contributed by atoms with Crippen LogP contribution in [0.4, 0.5) is 5.82 Å². The molecular formula is C23H25N5O. The molecule has 0 radical (unpaired) electrons. The topological polar surface area (TPSA) is 61.4 Å². The number of aromatic nitrogens is 2. The van der Waals surface area contributed by atoms with Crippen LogP contribution in [0.3, 0.4) is 0 Å². The Morgan fingerprint density at radius 3 is 2.10 bits per heavy atom. The highest BCUT2D eigenvalue weighted by Gasteiger charge is 2.19. The third-order valence-electron chi connectivity index (χ3n) is 5.08. The fourth-order valence-corrected chi connectivity index (χ4v) is 3.49. The molecule has 1 N–H and O–H groups in total. The normalized spacial score (nSPS) is 15.2. The van der Waals surface area contributed by atoms with Crippen LogP contribution in [0, 0.1) is 0 Å². The number of hydrogen-bond donors (Lipinski definition) is 1. The van der Waals surface area contributed by atoms with Gasteiger partial charge in [0.25, 0.3) is 0 Å². The first-order valence-corrected chi connectivity index (χ1v) is 9.94. The first-order chi connectivity index (χ1) is 14.3. The summed E-state index contributed by atoms with van der Waals surface area (Å²) in [4.78, 5) is 17.0. The van der Waals surface area contributed by atoms with Crippen molar-refractivity contribution in [2.24, 2.45) is 0 Å². The molecule has 2 aromatic carbocycles. The first-order valence-electron chi connectivity index (χ1n) is 9.94. The number of carbonyl (C=O) groups excluding carboxylic acids is 1. The summed E-state index contributed by atoms with van der Waals surface area (Å²) in [5.74, 6) is 0.431. The number of nitrogens with zero attached hydrogens (tertiary/aromatic N) is 4. The van der Waals surface area contributed by atoms with E-state index in [1.807, 2.05) is 42.5 Å². The van der Waals surface area contributed by atoms with Crippen LogP contribution in [0.2, 0.25) is 0 Å². The maximum absolute atomic E-state index is 12.4. The van der Waals surface area contributed by atoms with Crippen LogP contribution in [0.15, 0.2) is 72.8 Å². The predicted molar refractivity (Wildman–Crippen MR) is 114 cm³/mol. The lowest BCUT2D eigenvalue weighted by atomic mass is 10.1. The largest absolute Gasteiger partial charge is 0.308 e. The van der Waals surface area contributed by atoms with Crippen molar-refractivity contribution >= 4 is 11.7 Å². The van der Waals surface area contributed by atoms with Crippen molar-refractivity contribution in [2.75, 3.05) is 38.0 Å². The second-order valence-electron chi connectivity index (χ2n) is 7.26. The van der Waals surface area contributed by atoms with Crippen molar-refractivity contribution in [2.45, 2.75) is 6.54 Å². The van der Waals surface area contributed by atoms with Crippen molar-refractivity contribution in [1.29, 1.82) is 0 Å². The lowest BCUT2D eigenvalue weighted by molar-refractivity contribution is -0.117. The van der Waals surface area contributed by atoms with Gasteiger partial charge in [0, 0.05) is 38.3 Å². The minimum atomic E-state index is -0.0525. The zero-order chi connectivity index (χ0) is 19.9. The molecule has 0 spiro atoms. The van der Waals surface area contributed by atoms with Gasteiger partial charge in [0.1, 0.15) is 0 Å². The Hall–Kier alpha value is -3.09. The van der Waals surface area contributed by atoms with Gasteiger partial charge in [0.05, 0.1) is 12.2 Å². The number of anilines is 1. The molecule has 1 saturated heterocycles. The molecule has 6 heteroatoms. The molecule has 148 valence electrons. The molecule has 1 aromatic heterocycles. The van der Waals surface area contributed by atoms with Gasteiger partial charge in [-0.2, -0.15) is 0 Å².